The third kappa shape index (κ3) is 8.95. The van der Waals surface area contributed by atoms with Crippen LogP contribution in [0.4, 0.5) is 0 Å². The van der Waals surface area contributed by atoms with Crippen molar-refractivity contribution in [2.45, 2.75) is 45.4 Å². The van der Waals surface area contributed by atoms with Gasteiger partial charge < -0.3 is 9.94 Å². The fourth-order valence-corrected chi connectivity index (χ4v) is 2.01. The third-order valence-electron chi connectivity index (χ3n) is 3.19. The molecule has 0 atom stereocenters. The van der Waals surface area contributed by atoms with E-state index in [2.05, 4.69) is 12.1 Å². The standard InChI is InChI=1S/C18H25NO3/c1-2-3-4-5-6-7-13-22-19-15-17-10-8-9-16(14-17)11-12-18(20)21/h8-12,14-15H,2-7,13H2,1H3,(H,20,21)/b12-11-,19-15+. The zero-order valence-corrected chi connectivity index (χ0v) is 13.2. The summed E-state index contributed by atoms with van der Waals surface area (Å²) in [7, 11) is 0. The number of carboxylic acids is 1. The predicted molar refractivity (Wildman–Crippen MR) is 90.0 cm³/mol. The van der Waals surface area contributed by atoms with E-state index in [1.165, 1.54) is 32.1 Å². The number of aliphatic carboxylic acids is 1. The minimum atomic E-state index is -0.957. The van der Waals surface area contributed by atoms with Gasteiger partial charge in [0.05, 0.1) is 6.21 Å². The molecule has 0 radical (unpaired) electrons. The van der Waals surface area contributed by atoms with Gasteiger partial charge in [-0.25, -0.2) is 4.79 Å². The molecule has 0 aliphatic heterocycles. The second-order valence-electron chi connectivity index (χ2n) is 5.18. The second-order valence-corrected chi connectivity index (χ2v) is 5.18. The summed E-state index contributed by atoms with van der Waals surface area (Å²) in [5, 5.41) is 12.5. The smallest absolute Gasteiger partial charge is 0.328 e. The molecule has 120 valence electrons. The van der Waals surface area contributed by atoms with E-state index in [1.807, 2.05) is 24.3 Å². The van der Waals surface area contributed by atoms with Crippen LogP contribution in [-0.2, 0) is 9.63 Å². The molecule has 4 nitrogen and oxygen atoms in total. The number of hydrogen-bond donors (Lipinski definition) is 1. The average Bonchev–Trinajstić information content (AvgIpc) is 2.52. The molecule has 0 saturated carbocycles. The Hall–Kier alpha value is -2.10. The molecule has 22 heavy (non-hydrogen) atoms. The first-order valence-electron chi connectivity index (χ1n) is 7.89. The van der Waals surface area contributed by atoms with Crippen LogP contribution in [0.5, 0.6) is 0 Å². The van der Waals surface area contributed by atoms with Gasteiger partial charge in [0.1, 0.15) is 6.61 Å². The van der Waals surface area contributed by atoms with E-state index in [1.54, 1.807) is 12.3 Å². The Balaban J connectivity index is 2.25. The number of carboxylic acid groups (broad SMARTS) is 1. The number of oxime groups is 1. The van der Waals surface area contributed by atoms with Crippen LogP contribution in [0.2, 0.25) is 0 Å². The van der Waals surface area contributed by atoms with Gasteiger partial charge in [-0.15, -0.1) is 0 Å². The molecule has 1 N–H and O–H groups in total. The number of unbranched alkanes of at least 4 members (excludes halogenated alkanes) is 5. The SMILES string of the molecule is CCCCCCCCO/N=C/c1cccc(/C=C\C(=O)O)c1. The molecule has 0 heterocycles. The summed E-state index contributed by atoms with van der Waals surface area (Å²) in [5.41, 5.74) is 1.71. The first kappa shape index (κ1) is 18.0. The molecule has 0 amide bonds. The normalized spacial score (nSPS) is 11.3. The van der Waals surface area contributed by atoms with Crippen molar-refractivity contribution in [3.8, 4) is 0 Å². The van der Waals surface area contributed by atoms with Crippen LogP contribution in [0.25, 0.3) is 6.08 Å². The first-order valence-corrected chi connectivity index (χ1v) is 7.89. The summed E-state index contributed by atoms with van der Waals surface area (Å²) in [4.78, 5) is 15.7. The Kier molecular flexibility index (Phi) is 9.42. The van der Waals surface area contributed by atoms with E-state index < -0.39 is 5.97 Å². The first-order chi connectivity index (χ1) is 10.7. The van der Waals surface area contributed by atoms with Gasteiger partial charge >= 0.3 is 5.97 Å². The Morgan fingerprint density at radius 3 is 2.68 bits per heavy atom. The molecule has 0 aliphatic carbocycles. The predicted octanol–water partition coefficient (Wildman–Crippen LogP) is 4.50. The van der Waals surface area contributed by atoms with Crippen molar-refractivity contribution in [3.63, 3.8) is 0 Å². The molecule has 0 fully saturated rings. The van der Waals surface area contributed by atoms with Crippen molar-refractivity contribution < 1.29 is 14.7 Å². The number of nitrogens with zero attached hydrogens (tertiary/aromatic N) is 1. The van der Waals surface area contributed by atoms with Gasteiger partial charge in [-0.2, -0.15) is 0 Å². The van der Waals surface area contributed by atoms with Gasteiger partial charge in [-0.05, 0) is 36.1 Å². The van der Waals surface area contributed by atoms with Crippen molar-refractivity contribution in [1.82, 2.24) is 0 Å². The van der Waals surface area contributed by atoms with Crippen molar-refractivity contribution in [2.24, 2.45) is 5.16 Å². The Bertz CT molecular complexity index is 495. The van der Waals surface area contributed by atoms with E-state index >= 15 is 0 Å². The monoisotopic (exact) mass is 303 g/mol. The van der Waals surface area contributed by atoms with E-state index in [-0.39, 0.29) is 0 Å². The molecule has 0 unspecified atom stereocenters. The van der Waals surface area contributed by atoms with E-state index in [0.29, 0.717) is 6.61 Å². The minimum absolute atomic E-state index is 0.640. The van der Waals surface area contributed by atoms with Gasteiger partial charge in [-0.3, -0.25) is 0 Å². The van der Waals surface area contributed by atoms with E-state index in [9.17, 15) is 4.79 Å². The van der Waals surface area contributed by atoms with Crippen LogP contribution in [0, 0.1) is 0 Å². The van der Waals surface area contributed by atoms with Gasteiger partial charge in [0.2, 0.25) is 0 Å². The van der Waals surface area contributed by atoms with Crippen LogP contribution >= 0.6 is 0 Å². The Morgan fingerprint density at radius 2 is 1.91 bits per heavy atom. The summed E-state index contributed by atoms with van der Waals surface area (Å²) in [5.74, 6) is -0.957. The molecule has 1 aromatic rings. The summed E-state index contributed by atoms with van der Waals surface area (Å²) >= 11 is 0. The highest BCUT2D eigenvalue weighted by atomic mass is 16.6. The van der Waals surface area contributed by atoms with Crippen molar-refractivity contribution >= 4 is 18.3 Å². The maximum atomic E-state index is 10.5. The number of rotatable bonds is 11. The van der Waals surface area contributed by atoms with Crippen LogP contribution in [0.1, 0.15) is 56.6 Å². The summed E-state index contributed by atoms with van der Waals surface area (Å²) in [6.45, 7) is 2.85. The van der Waals surface area contributed by atoms with Gasteiger partial charge in [0, 0.05) is 6.08 Å². The van der Waals surface area contributed by atoms with E-state index in [4.69, 9.17) is 9.94 Å². The number of benzene rings is 1. The molecule has 4 heteroatoms. The zero-order chi connectivity index (χ0) is 16.0. The van der Waals surface area contributed by atoms with Crippen LogP contribution in [-0.4, -0.2) is 23.9 Å². The second kappa shape index (κ2) is 11.5. The fourth-order valence-electron chi connectivity index (χ4n) is 2.01. The molecule has 0 aromatic heterocycles. The van der Waals surface area contributed by atoms with Crippen LogP contribution in [0.15, 0.2) is 35.5 Å². The highest BCUT2D eigenvalue weighted by Crippen LogP contribution is 2.06. The van der Waals surface area contributed by atoms with Gasteiger partial charge in [0.25, 0.3) is 0 Å². The molecule has 0 aliphatic rings. The summed E-state index contributed by atoms with van der Waals surface area (Å²) in [6, 6.07) is 7.46. The molecule has 1 aromatic carbocycles. The maximum Gasteiger partial charge on any atom is 0.328 e. The lowest BCUT2D eigenvalue weighted by Crippen LogP contribution is -1.90. The lowest BCUT2D eigenvalue weighted by molar-refractivity contribution is -0.131. The molecule has 0 bridgehead atoms. The number of carbonyl (C=O) groups is 1. The van der Waals surface area contributed by atoms with Gasteiger partial charge in [-0.1, -0.05) is 56.0 Å². The maximum absolute atomic E-state index is 10.5. The quantitative estimate of drug-likeness (QED) is 0.283. The van der Waals surface area contributed by atoms with Crippen LogP contribution < -0.4 is 0 Å². The highest BCUT2D eigenvalue weighted by molar-refractivity contribution is 5.86. The van der Waals surface area contributed by atoms with Gasteiger partial charge in [0.15, 0.2) is 0 Å². The molecule has 0 spiro atoms. The number of hydrogen-bond acceptors (Lipinski definition) is 3. The fraction of sp³-hybridized carbons (Fsp3) is 0.444. The lowest BCUT2D eigenvalue weighted by Gasteiger charge is -2.00. The minimum Gasteiger partial charge on any atom is -0.478 e. The van der Waals surface area contributed by atoms with Crippen molar-refractivity contribution in [1.29, 1.82) is 0 Å². The van der Waals surface area contributed by atoms with E-state index in [0.717, 1.165) is 23.6 Å². The molecular weight excluding hydrogens is 278 g/mol. The zero-order valence-electron chi connectivity index (χ0n) is 13.2. The van der Waals surface area contributed by atoms with Crippen molar-refractivity contribution in [3.05, 3.63) is 41.5 Å². The topological polar surface area (TPSA) is 58.9 Å². The molecule has 0 saturated heterocycles. The van der Waals surface area contributed by atoms with Crippen molar-refractivity contribution in [2.75, 3.05) is 6.61 Å². The molecular formula is C18H25NO3. The average molecular weight is 303 g/mol. The Morgan fingerprint density at radius 1 is 1.18 bits per heavy atom. The lowest BCUT2D eigenvalue weighted by atomic mass is 10.1. The van der Waals surface area contributed by atoms with Crippen LogP contribution in [0.3, 0.4) is 0 Å². The third-order valence-corrected chi connectivity index (χ3v) is 3.19. The Labute approximate surface area is 132 Å². The highest BCUT2D eigenvalue weighted by Gasteiger charge is 1.93. The summed E-state index contributed by atoms with van der Waals surface area (Å²) < 4.78 is 0. The molecule has 1 rings (SSSR count). The summed E-state index contributed by atoms with van der Waals surface area (Å²) in [6.07, 6.45) is 11.7. The largest absolute Gasteiger partial charge is 0.478 e.